The summed E-state index contributed by atoms with van der Waals surface area (Å²) in [7, 11) is 0. The monoisotopic (exact) mass is 334 g/mol. The molecule has 0 heterocycles. The average molecular weight is 334 g/mol. The minimum Gasteiger partial charge on any atom is -0.423 e. The van der Waals surface area contributed by atoms with E-state index >= 15 is 0 Å². The van der Waals surface area contributed by atoms with E-state index in [0.717, 1.165) is 16.3 Å². The first kappa shape index (κ1) is 17.2. The fraction of sp³-hybridized carbons (Fsp3) is 0.227. The number of carbonyl (C=O) groups excluding carboxylic acids is 1. The largest absolute Gasteiger partial charge is 0.423 e. The van der Waals surface area contributed by atoms with Gasteiger partial charge >= 0.3 is 5.97 Å². The van der Waals surface area contributed by atoms with Gasteiger partial charge in [-0.1, -0.05) is 62.4 Å². The van der Waals surface area contributed by atoms with Crippen molar-refractivity contribution >= 4 is 16.7 Å². The zero-order valence-corrected chi connectivity index (χ0v) is 14.5. The molecule has 3 heteroatoms. The van der Waals surface area contributed by atoms with Crippen molar-refractivity contribution in [2.24, 2.45) is 0 Å². The van der Waals surface area contributed by atoms with Gasteiger partial charge in [0.2, 0.25) is 0 Å². The van der Waals surface area contributed by atoms with Gasteiger partial charge in [0.1, 0.15) is 5.75 Å². The number of hydrogen-bond donors (Lipinski definition) is 1. The van der Waals surface area contributed by atoms with Crippen LogP contribution in [-0.4, -0.2) is 11.1 Å². The smallest absolute Gasteiger partial charge is 0.344 e. The zero-order chi connectivity index (χ0) is 17.9. The molecule has 0 radical (unpaired) electrons. The Hall–Kier alpha value is -2.65. The Labute approximate surface area is 147 Å². The second-order valence-corrected chi connectivity index (χ2v) is 6.18. The Bertz CT molecular complexity index is 889. The van der Waals surface area contributed by atoms with Crippen molar-refractivity contribution in [1.29, 1.82) is 0 Å². The molecular formula is C22H22O3. The molecule has 0 unspecified atom stereocenters. The third-order valence-corrected chi connectivity index (χ3v) is 4.76. The van der Waals surface area contributed by atoms with E-state index in [9.17, 15) is 9.90 Å². The molecule has 0 aliphatic heterocycles. The topological polar surface area (TPSA) is 46.5 Å². The molecule has 0 fully saturated rings. The molecule has 0 aromatic heterocycles. The molecule has 3 rings (SSSR count). The van der Waals surface area contributed by atoms with Crippen molar-refractivity contribution in [2.45, 2.75) is 32.3 Å². The summed E-state index contributed by atoms with van der Waals surface area (Å²) in [5.41, 5.74) is 0.396. The van der Waals surface area contributed by atoms with Gasteiger partial charge in [-0.3, -0.25) is 0 Å². The van der Waals surface area contributed by atoms with E-state index in [1.54, 1.807) is 24.3 Å². The molecule has 3 nitrogen and oxygen atoms in total. The molecule has 0 saturated heterocycles. The zero-order valence-electron chi connectivity index (χ0n) is 14.5. The summed E-state index contributed by atoms with van der Waals surface area (Å²) in [6.07, 6.45) is 1.20. The normalized spacial score (nSPS) is 11.5. The SMILES string of the molecule is CCC(O)(CC)c1cccc(OC(=O)c2cccc3ccccc23)c1. The Morgan fingerprint density at radius 3 is 2.40 bits per heavy atom. The summed E-state index contributed by atoms with van der Waals surface area (Å²) >= 11 is 0. The number of ether oxygens (including phenoxy) is 1. The van der Waals surface area contributed by atoms with Crippen molar-refractivity contribution in [3.63, 3.8) is 0 Å². The van der Waals surface area contributed by atoms with E-state index in [-0.39, 0.29) is 0 Å². The molecule has 0 spiro atoms. The van der Waals surface area contributed by atoms with Crippen molar-refractivity contribution in [3.05, 3.63) is 77.9 Å². The van der Waals surface area contributed by atoms with E-state index in [1.807, 2.05) is 56.3 Å². The summed E-state index contributed by atoms with van der Waals surface area (Å²) in [6, 6.07) is 20.5. The van der Waals surface area contributed by atoms with Crippen LogP contribution >= 0.6 is 0 Å². The van der Waals surface area contributed by atoms with E-state index in [1.165, 1.54) is 0 Å². The highest BCUT2D eigenvalue weighted by atomic mass is 16.5. The Morgan fingerprint density at radius 2 is 1.64 bits per heavy atom. The fourth-order valence-electron chi connectivity index (χ4n) is 3.07. The predicted octanol–water partition coefficient (Wildman–Crippen LogP) is 5.07. The first-order chi connectivity index (χ1) is 12.1. The van der Waals surface area contributed by atoms with Crippen LogP contribution in [0.15, 0.2) is 66.7 Å². The Morgan fingerprint density at radius 1 is 0.960 bits per heavy atom. The molecule has 0 aliphatic carbocycles. The number of fused-ring (bicyclic) bond motifs is 1. The first-order valence-corrected chi connectivity index (χ1v) is 8.60. The van der Waals surface area contributed by atoms with Crippen LogP contribution in [0.3, 0.4) is 0 Å². The highest BCUT2D eigenvalue weighted by Gasteiger charge is 2.25. The van der Waals surface area contributed by atoms with E-state index in [0.29, 0.717) is 24.2 Å². The molecule has 3 aromatic carbocycles. The number of carbonyl (C=O) groups is 1. The van der Waals surface area contributed by atoms with Crippen LogP contribution in [0.5, 0.6) is 5.75 Å². The standard InChI is InChI=1S/C22H22O3/c1-3-22(24,4-2)17-11-8-12-18(15-17)25-21(23)20-14-7-10-16-9-5-6-13-19(16)20/h5-15,24H,3-4H2,1-2H3. The molecule has 0 atom stereocenters. The van der Waals surface area contributed by atoms with E-state index < -0.39 is 11.6 Å². The molecule has 1 N–H and O–H groups in total. The molecule has 128 valence electrons. The third-order valence-electron chi connectivity index (χ3n) is 4.76. The van der Waals surface area contributed by atoms with Crippen molar-refractivity contribution in [2.75, 3.05) is 0 Å². The number of esters is 1. The Kier molecular flexibility index (Phi) is 4.86. The van der Waals surface area contributed by atoms with Crippen LogP contribution in [0, 0.1) is 0 Å². The summed E-state index contributed by atoms with van der Waals surface area (Å²) < 4.78 is 5.58. The van der Waals surface area contributed by atoms with Gasteiger partial charge in [-0.05, 0) is 47.4 Å². The van der Waals surface area contributed by atoms with Crippen LogP contribution in [0.1, 0.15) is 42.6 Å². The second kappa shape index (κ2) is 7.08. The van der Waals surface area contributed by atoms with Gasteiger partial charge in [-0.2, -0.15) is 0 Å². The molecule has 3 aromatic rings. The van der Waals surface area contributed by atoms with Crippen molar-refractivity contribution < 1.29 is 14.6 Å². The summed E-state index contributed by atoms with van der Waals surface area (Å²) in [5, 5.41) is 12.5. The van der Waals surface area contributed by atoms with E-state index in [2.05, 4.69) is 0 Å². The second-order valence-electron chi connectivity index (χ2n) is 6.18. The highest BCUT2D eigenvalue weighted by molar-refractivity contribution is 6.05. The van der Waals surface area contributed by atoms with Crippen LogP contribution in [0.25, 0.3) is 10.8 Å². The Balaban J connectivity index is 1.91. The van der Waals surface area contributed by atoms with Gasteiger partial charge in [0.25, 0.3) is 0 Å². The number of rotatable bonds is 5. The maximum absolute atomic E-state index is 12.6. The summed E-state index contributed by atoms with van der Waals surface area (Å²) in [5.74, 6) is 0.0428. The van der Waals surface area contributed by atoms with Gasteiger partial charge in [0, 0.05) is 0 Å². The molecule has 25 heavy (non-hydrogen) atoms. The van der Waals surface area contributed by atoms with Gasteiger partial charge in [-0.15, -0.1) is 0 Å². The minimum atomic E-state index is -0.901. The summed E-state index contributed by atoms with van der Waals surface area (Å²) in [4.78, 5) is 12.6. The third kappa shape index (κ3) is 3.42. The lowest BCUT2D eigenvalue weighted by Crippen LogP contribution is -2.23. The van der Waals surface area contributed by atoms with Gasteiger partial charge < -0.3 is 9.84 Å². The number of aliphatic hydroxyl groups is 1. The van der Waals surface area contributed by atoms with E-state index in [4.69, 9.17) is 4.74 Å². The van der Waals surface area contributed by atoms with Crippen LogP contribution in [-0.2, 0) is 5.60 Å². The predicted molar refractivity (Wildman–Crippen MR) is 99.8 cm³/mol. The van der Waals surface area contributed by atoms with Gasteiger partial charge in [0.05, 0.1) is 11.2 Å². The quantitative estimate of drug-likeness (QED) is 0.523. The maximum Gasteiger partial charge on any atom is 0.344 e. The highest BCUT2D eigenvalue weighted by Crippen LogP contribution is 2.31. The molecule has 0 aliphatic rings. The van der Waals surface area contributed by atoms with Crippen LogP contribution in [0.4, 0.5) is 0 Å². The fourth-order valence-corrected chi connectivity index (χ4v) is 3.07. The molecule has 0 saturated carbocycles. The van der Waals surface area contributed by atoms with Gasteiger partial charge in [-0.25, -0.2) is 4.79 Å². The van der Waals surface area contributed by atoms with Crippen LogP contribution < -0.4 is 4.74 Å². The number of hydrogen-bond acceptors (Lipinski definition) is 3. The minimum absolute atomic E-state index is 0.398. The first-order valence-electron chi connectivity index (χ1n) is 8.60. The van der Waals surface area contributed by atoms with Crippen LogP contribution in [0.2, 0.25) is 0 Å². The van der Waals surface area contributed by atoms with Gasteiger partial charge in [0.15, 0.2) is 0 Å². The molecule has 0 amide bonds. The maximum atomic E-state index is 12.6. The summed E-state index contributed by atoms with van der Waals surface area (Å²) in [6.45, 7) is 3.89. The molecule has 0 bridgehead atoms. The average Bonchev–Trinajstić information content (AvgIpc) is 2.67. The lowest BCUT2D eigenvalue weighted by molar-refractivity contribution is 0.0280. The van der Waals surface area contributed by atoms with Crippen molar-refractivity contribution in [3.8, 4) is 5.75 Å². The lowest BCUT2D eigenvalue weighted by Gasteiger charge is -2.26. The lowest BCUT2D eigenvalue weighted by atomic mass is 9.88. The van der Waals surface area contributed by atoms with Crippen molar-refractivity contribution in [1.82, 2.24) is 0 Å². The molecular weight excluding hydrogens is 312 g/mol. The number of benzene rings is 3.